The van der Waals surface area contributed by atoms with Crippen LogP contribution in [0.2, 0.25) is 0 Å². The summed E-state index contributed by atoms with van der Waals surface area (Å²) >= 11 is 0. The molecule has 16 heavy (non-hydrogen) atoms. The molecule has 1 fully saturated rings. The summed E-state index contributed by atoms with van der Waals surface area (Å²) in [5, 5.41) is 3.00. The fourth-order valence-electron chi connectivity index (χ4n) is 2.05. The van der Waals surface area contributed by atoms with Crippen LogP contribution in [0.1, 0.15) is 39.0 Å². The maximum absolute atomic E-state index is 12.1. The number of amides is 1. The van der Waals surface area contributed by atoms with Crippen LogP contribution in [0.5, 0.6) is 0 Å². The molecule has 0 radical (unpaired) electrons. The lowest BCUT2D eigenvalue weighted by Gasteiger charge is -2.34. The summed E-state index contributed by atoms with van der Waals surface area (Å²) in [7, 11) is 0. The molecule has 4 heteroatoms. The van der Waals surface area contributed by atoms with E-state index in [1.54, 1.807) is 0 Å². The normalized spacial score (nSPS) is 19.4. The van der Waals surface area contributed by atoms with Crippen LogP contribution in [0.25, 0.3) is 0 Å². The Morgan fingerprint density at radius 2 is 2.06 bits per heavy atom. The van der Waals surface area contributed by atoms with E-state index in [0.29, 0.717) is 19.8 Å². The minimum Gasteiger partial charge on any atom is -0.381 e. The molecule has 0 aromatic heterocycles. The van der Waals surface area contributed by atoms with Gasteiger partial charge in [0.15, 0.2) is 0 Å². The SMILES string of the molecule is CCCCCNC(=O)C1(CN)CCOCC1. The lowest BCUT2D eigenvalue weighted by atomic mass is 9.79. The molecule has 0 aromatic carbocycles. The van der Waals surface area contributed by atoms with Gasteiger partial charge in [0, 0.05) is 26.3 Å². The van der Waals surface area contributed by atoms with E-state index in [1.807, 2.05) is 0 Å². The van der Waals surface area contributed by atoms with Crippen LogP contribution in [0.3, 0.4) is 0 Å². The van der Waals surface area contributed by atoms with Gasteiger partial charge in [-0.2, -0.15) is 0 Å². The largest absolute Gasteiger partial charge is 0.381 e. The fraction of sp³-hybridized carbons (Fsp3) is 0.917. The average molecular weight is 228 g/mol. The Morgan fingerprint density at radius 1 is 1.38 bits per heavy atom. The van der Waals surface area contributed by atoms with Crippen LogP contribution < -0.4 is 11.1 Å². The fourth-order valence-corrected chi connectivity index (χ4v) is 2.05. The van der Waals surface area contributed by atoms with Gasteiger partial charge >= 0.3 is 0 Å². The molecule has 4 nitrogen and oxygen atoms in total. The summed E-state index contributed by atoms with van der Waals surface area (Å²) < 4.78 is 5.28. The standard InChI is InChI=1S/C12H24N2O2/c1-2-3-4-7-14-11(15)12(10-13)5-8-16-9-6-12/h2-10,13H2,1H3,(H,14,15). The first-order valence-corrected chi connectivity index (χ1v) is 6.31. The maximum Gasteiger partial charge on any atom is 0.227 e. The van der Waals surface area contributed by atoms with E-state index in [4.69, 9.17) is 10.5 Å². The Morgan fingerprint density at radius 3 is 2.62 bits per heavy atom. The van der Waals surface area contributed by atoms with Crippen molar-refractivity contribution in [3.05, 3.63) is 0 Å². The van der Waals surface area contributed by atoms with Gasteiger partial charge in [-0.25, -0.2) is 0 Å². The molecule has 1 rings (SSSR count). The van der Waals surface area contributed by atoms with Crippen molar-refractivity contribution in [1.29, 1.82) is 0 Å². The quantitative estimate of drug-likeness (QED) is 0.668. The Labute approximate surface area is 97.9 Å². The van der Waals surface area contributed by atoms with Crippen LogP contribution in [-0.4, -0.2) is 32.2 Å². The summed E-state index contributed by atoms with van der Waals surface area (Å²) in [5.41, 5.74) is 5.38. The smallest absolute Gasteiger partial charge is 0.227 e. The van der Waals surface area contributed by atoms with Crippen LogP contribution in [0.4, 0.5) is 0 Å². The lowest BCUT2D eigenvalue weighted by Crippen LogP contribution is -2.49. The van der Waals surface area contributed by atoms with Crippen molar-refractivity contribution >= 4 is 5.91 Å². The summed E-state index contributed by atoms with van der Waals surface area (Å²) in [5.74, 6) is 0.120. The van der Waals surface area contributed by atoms with E-state index in [9.17, 15) is 4.79 Å². The van der Waals surface area contributed by atoms with Crippen LogP contribution in [0.15, 0.2) is 0 Å². The molecule has 1 aliphatic heterocycles. The number of hydrogen-bond acceptors (Lipinski definition) is 3. The summed E-state index contributed by atoms with van der Waals surface area (Å²) in [6.07, 6.45) is 4.90. The Hall–Kier alpha value is -0.610. The van der Waals surface area contributed by atoms with E-state index in [-0.39, 0.29) is 11.3 Å². The topological polar surface area (TPSA) is 64.4 Å². The zero-order valence-corrected chi connectivity index (χ0v) is 10.3. The second kappa shape index (κ2) is 6.86. The van der Waals surface area contributed by atoms with Gasteiger partial charge in [0.2, 0.25) is 5.91 Å². The zero-order chi connectivity index (χ0) is 11.9. The Kier molecular flexibility index (Phi) is 5.77. The number of rotatable bonds is 6. The molecule has 1 aliphatic rings. The van der Waals surface area contributed by atoms with E-state index in [0.717, 1.165) is 25.8 Å². The van der Waals surface area contributed by atoms with Crippen LogP contribution in [0, 0.1) is 5.41 Å². The molecule has 1 heterocycles. The molecule has 3 N–H and O–H groups in total. The predicted molar refractivity (Wildman–Crippen MR) is 64.1 cm³/mol. The highest BCUT2D eigenvalue weighted by Crippen LogP contribution is 2.29. The molecule has 1 amide bonds. The minimum absolute atomic E-state index is 0.120. The monoisotopic (exact) mass is 228 g/mol. The predicted octanol–water partition coefficient (Wildman–Crippen LogP) is 1.05. The number of nitrogens with one attached hydrogen (secondary N) is 1. The van der Waals surface area contributed by atoms with E-state index < -0.39 is 0 Å². The van der Waals surface area contributed by atoms with Gasteiger partial charge in [0.05, 0.1) is 5.41 Å². The average Bonchev–Trinajstić information content (AvgIpc) is 2.35. The number of carbonyl (C=O) groups is 1. The Balaban J connectivity index is 2.36. The number of ether oxygens (including phenoxy) is 1. The number of hydrogen-bond donors (Lipinski definition) is 2. The first-order chi connectivity index (χ1) is 7.75. The summed E-state index contributed by atoms with van der Waals surface area (Å²) in [4.78, 5) is 12.1. The molecule has 0 unspecified atom stereocenters. The number of nitrogens with two attached hydrogens (primary N) is 1. The van der Waals surface area contributed by atoms with Crippen molar-refractivity contribution in [1.82, 2.24) is 5.32 Å². The third-order valence-electron chi connectivity index (χ3n) is 3.39. The molecule has 1 saturated heterocycles. The highest BCUT2D eigenvalue weighted by atomic mass is 16.5. The molecule has 0 spiro atoms. The number of unbranched alkanes of at least 4 members (excludes halogenated alkanes) is 2. The van der Waals surface area contributed by atoms with Gasteiger partial charge in [-0.3, -0.25) is 4.79 Å². The van der Waals surface area contributed by atoms with E-state index >= 15 is 0 Å². The van der Waals surface area contributed by atoms with Crippen LogP contribution >= 0.6 is 0 Å². The molecule has 0 aliphatic carbocycles. The molecule has 94 valence electrons. The van der Waals surface area contributed by atoms with Crippen molar-refractivity contribution in [2.45, 2.75) is 39.0 Å². The third kappa shape index (κ3) is 3.46. The van der Waals surface area contributed by atoms with Gasteiger partial charge in [-0.05, 0) is 19.3 Å². The first kappa shape index (κ1) is 13.5. The first-order valence-electron chi connectivity index (χ1n) is 6.31. The van der Waals surface area contributed by atoms with Gasteiger partial charge in [-0.1, -0.05) is 19.8 Å². The van der Waals surface area contributed by atoms with Crippen molar-refractivity contribution < 1.29 is 9.53 Å². The molecular weight excluding hydrogens is 204 g/mol. The van der Waals surface area contributed by atoms with Crippen molar-refractivity contribution in [2.75, 3.05) is 26.3 Å². The molecule has 0 saturated carbocycles. The van der Waals surface area contributed by atoms with Crippen molar-refractivity contribution in [3.63, 3.8) is 0 Å². The summed E-state index contributed by atoms with van der Waals surface area (Å²) in [6, 6.07) is 0. The second-order valence-electron chi connectivity index (χ2n) is 4.56. The minimum atomic E-state index is -0.371. The van der Waals surface area contributed by atoms with Gasteiger partial charge < -0.3 is 15.8 Å². The van der Waals surface area contributed by atoms with Gasteiger partial charge in [-0.15, -0.1) is 0 Å². The van der Waals surface area contributed by atoms with Crippen molar-refractivity contribution in [2.24, 2.45) is 11.1 Å². The zero-order valence-electron chi connectivity index (χ0n) is 10.3. The van der Waals surface area contributed by atoms with Crippen LogP contribution in [-0.2, 0) is 9.53 Å². The molecular formula is C12H24N2O2. The molecule has 0 aromatic rings. The summed E-state index contributed by atoms with van der Waals surface area (Å²) in [6.45, 7) is 4.66. The van der Waals surface area contributed by atoms with Gasteiger partial charge in [0.1, 0.15) is 0 Å². The number of carbonyl (C=O) groups excluding carboxylic acids is 1. The third-order valence-corrected chi connectivity index (χ3v) is 3.39. The van der Waals surface area contributed by atoms with E-state index in [1.165, 1.54) is 12.8 Å². The second-order valence-corrected chi connectivity index (χ2v) is 4.56. The van der Waals surface area contributed by atoms with Crippen molar-refractivity contribution in [3.8, 4) is 0 Å². The Bertz CT molecular complexity index is 213. The lowest BCUT2D eigenvalue weighted by molar-refractivity contribution is -0.135. The van der Waals surface area contributed by atoms with Gasteiger partial charge in [0.25, 0.3) is 0 Å². The highest BCUT2D eigenvalue weighted by Gasteiger charge is 2.38. The molecule has 0 bridgehead atoms. The maximum atomic E-state index is 12.1. The van der Waals surface area contributed by atoms with E-state index in [2.05, 4.69) is 12.2 Å². The molecule has 0 atom stereocenters. The highest BCUT2D eigenvalue weighted by molar-refractivity contribution is 5.83.